The lowest BCUT2D eigenvalue weighted by atomic mass is 10.2. The summed E-state index contributed by atoms with van der Waals surface area (Å²) in [6.07, 6.45) is 0. The van der Waals surface area contributed by atoms with E-state index in [1.807, 2.05) is 0 Å². The van der Waals surface area contributed by atoms with Crippen LogP contribution < -0.4 is 0 Å². The fourth-order valence-corrected chi connectivity index (χ4v) is 6.86. The van der Waals surface area contributed by atoms with Crippen LogP contribution in [0.15, 0.2) is 91.0 Å². The Morgan fingerprint density at radius 3 is 1.08 bits per heavy atom. The highest BCUT2D eigenvalue weighted by atomic mass is 28.4. The summed E-state index contributed by atoms with van der Waals surface area (Å²) in [5.74, 6) is 0. The highest BCUT2D eigenvalue weighted by Crippen LogP contribution is 2.23. The van der Waals surface area contributed by atoms with E-state index in [-0.39, 0.29) is 0 Å². The lowest BCUT2D eigenvalue weighted by Crippen LogP contribution is -2.45. The Morgan fingerprint density at radius 1 is 0.542 bits per heavy atom. The molecule has 0 bridgehead atoms. The molecule has 0 spiro atoms. The van der Waals surface area contributed by atoms with Gasteiger partial charge in [-0.25, -0.2) is 0 Å². The van der Waals surface area contributed by atoms with Crippen molar-refractivity contribution >= 4 is 8.32 Å². The molecule has 1 radical (unpaired) electrons. The minimum atomic E-state index is -2.10. The van der Waals surface area contributed by atoms with Crippen LogP contribution in [-0.4, -0.2) is 8.32 Å². The summed E-state index contributed by atoms with van der Waals surface area (Å²) < 4.78 is 6.04. The third-order valence-corrected chi connectivity index (χ3v) is 8.18. The zero-order chi connectivity index (χ0) is 16.7. The third-order valence-electron chi connectivity index (χ3n) is 4.41. The topological polar surface area (TPSA) is 9.23 Å². The predicted molar refractivity (Wildman–Crippen MR) is 103 cm³/mol. The highest BCUT2D eigenvalue weighted by molar-refractivity contribution is 6.72. The maximum Gasteiger partial charge on any atom is 0.205 e. The molecule has 0 atom stereocenters. The summed E-state index contributed by atoms with van der Waals surface area (Å²) >= 11 is 0. The minimum Gasteiger partial charge on any atom is -0.414 e. The smallest absolute Gasteiger partial charge is 0.205 e. The summed E-state index contributed by atoms with van der Waals surface area (Å²) in [4.78, 5) is 0. The van der Waals surface area contributed by atoms with Crippen LogP contribution in [0.3, 0.4) is 0 Å². The van der Waals surface area contributed by atoms with Crippen LogP contribution in [-0.2, 0) is 22.6 Å². The van der Waals surface area contributed by atoms with E-state index in [0.29, 0.717) is 0 Å². The molecular weight excluding hydrogens is 308 g/mol. The Labute approximate surface area is 146 Å². The molecule has 0 N–H and O–H groups in total. The summed E-state index contributed by atoms with van der Waals surface area (Å²) in [6, 6.07) is 34.9. The van der Waals surface area contributed by atoms with Gasteiger partial charge in [0.05, 0.1) is 7.11 Å². The van der Waals surface area contributed by atoms with Crippen molar-refractivity contribution < 1.29 is 4.43 Å². The molecule has 0 aliphatic heterocycles. The molecule has 0 unspecified atom stereocenters. The Hall–Kier alpha value is -2.16. The maximum absolute atomic E-state index is 6.04. The molecule has 121 valence electrons. The second-order valence-electron chi connectivity index (χ2n) is 6.31. The van der Waals surface area contributed by atoms with Gasteiger partial charge in [-0.1, -0.05) is 91.0 Å². The van der Waals surface area contributed by atoms with Gasteiger partial charge in [0.1, 0.15) is 0 Å². The van der Waals surface area contributed by atoms with Crippen molar-refractivity contribution in [1.29, 1.82) is 0 Å². The van der Waals surface area contributed by atoms with Crippen molar-refractivity contribution in [2.75, 3.05) is 0 Å². The number of benzene rings is 3. The average Bonchev–Trinajstić information content (AvgIpc) is 2.64. The van der Waals surface area contributed by atoms with Crippen molar-refractivity contribution in [1.82, 2.24) is 0 Å². The number of hydrogen-bond donors (Lipinski definition) is 0. The Morgan fingerprint density at radius 2 is 0.833 bits per heavy atom. The fourth-order valence-electron chi connectivity index (χ4n) is 3.24. The van der Waals surface area contributed by atoms with Crippen LogP contribution in [0.4, 0.5) is 0 Å². The standard InChI is InChI=1S/C22H23OSi/c1-23-24(17-20-11-5-2-6-12-20,18-21-13-7-3-8-14-21)19-22-15-9-4-10-16-22/h2-16H,1,17-19H2. The van der Waals surface area contributed by atoms with Crippen LogP contribution in [0.1, 0.15) is 16.7 Å². The molecule has 0 aliphatic rings. The average molecular weight is 332 g/mol. The number of rotatable bonds is 7. The molecule has 3 aromatic rings. The van der Waals surface area contributed by atoms with E-state index >= 15 is 0 Å². The van der Waals surface area contributed by atoms with E-state index in [0.717, 1.165) is 18.1 Å². The second kappa shape index (κ2) is 8.09. The van der Waals surface area contributed by atoms with E-state index in [1.54, 1.807) is 0 Å². The van der Waals surface area contributed by atoms with E-state index in [1.165, 1.54) is 16.7 Å². The summed E-state index contributed by atoms with van der Waals surface area (Å²) in [6.45, 7) is 0. The van der Waals surface area contributed by atoms with Crippen molar-refractivity contribution in [3.05, 3.63) is 115 Å². The summed E-state index contributed by atoms with van der Waals surface area (Å²) in [5.41, 5.74) is 4.00. The molecule has 3 rings (SSSR count). The predicted octanol–water partition coefficient (Wildman–Crippen LogP) is 5.09. The molecule has 0 aliphatic carbocycles. The van der Waals surface area contributed by atoms with E-state index in [9.17, 15) is 0 Å². The van der Waals surface area contributed by atoms with Gasteiger partial charge in [0.15, 0.2) is 0 Å². The van der Waals surface area contributed by atoms with Crippen molar-refractivity contribution in [2.24, 2.45) is 0 Å². The van der Waals surface area contributed by atoms with Crippen molar-refractivity contribution in [3.63, 3.8) is 0 Å². The first-order chi connectivity index (χ1) is 11.8. The van der Waals surface area contributed by atoms with E-state index < -0.39 is 8.32 Å². The zero-order valence-electron chi connectivity index (χ0n) is 13.9. The second-order valence-corrected chi connectivity index (χ2v) is 10.0. The van der Waals surface area contributed by atoms with Gasteiger partial charge in [0.2, 0.25) is 8.32 Å². The van der Waals surface area contributed by atoms with Crippen LogP contribution in [0, 0.1) is 7.11 Å². The molecule has 1 nitrogen and oxygen atoms in total. The van der Waals surface area contributed by atoms with Crippen LogP contribution >= 0.6 is 0 Å². The van der Waals surface area contributed by atoms with Crippen LogP contribution in [0.5, 0.6) is 0 Å². The molecular formula is C22H23OSi. The van der Waals surface area contributed by atoms with Gasteiger partial charge in [-0.05, 0) is 34.8 Å². The molecule has 24 heavy (non-hydrogen) atoms. The van der Waals surface area contributed by atoms with Crippen LogP contribution in [0.2, 0.25) is 0 Å². The molecule has 0 fully saturated rings. The van der Waals surface area contributed by atoms with Gasteiger partial charge >= 0.3 is 0 Å². The third kappa shape index (κ3) is 4.44. The summed E-state index contributed by atoms with van der Waals surface area (Å²) in [7, 11) is 1.81. The Balaban J connectivity index is 1.91. The first kappa shape index (κ1) is 16.7. The quantitative estimate of drug-likeness (QED) is 0.548. The molecule has 2 heteroatoms. The van der Waals surface area contributed by atoms with Crippen LogP contribution in [0.25, 0.3) is 0 Å². The molecule has 0 saturated carbocycles. The first-order valence-electron chi connectivity index (χ1n) is 8.35. The Kier molecular flexibility index (Phi) is 5.62. The lowest BCUT2D eigenvalue weighted by Gasteiger charge is -2.30. The van der Waals surface area contributed by atoms with Gasteiger partial charge in [-0.15, -0.1) is 0 Å². The molecule has 0 saturated heterocycles. The molecule has 0 heterocycles. The van der Waals surface area contributed by atoms with Gasteiger partial charge in [0, 0.05) is 0 Å². The zero-order valence-corrected chi connectivity index (χ0v) is 14.9. The number of hydrogen-bond acceptors (Lipinski definition) is 1. The lowest BCUT2D eigenvalue weighted by molar-refractivity contribution is 0.443. The SMILES string of the molecule is [CH2]O[Si](Cc1ccccc1)(Cc1ccccc1)Cc1ccccc1. The van der Waals surface area contributed by atoms with Gasteiger partial charge < -0.3 is 4.43 Å². The highest BCUT2D eigenvalue weighted by Gasteiger charge is 2.35. The Bertz CT molecular complexity index is 624. The molecule has 0 amide bonds. The van der Waals surface area contributed by atoms with Gasteiger partial charge in [-0.2, -0.15) is 0 Å². The summed E-state index contributed by atoms with van der Waals surface area (Å²) in [5, 5.41) is 0. The van der Waals surface area contributed by atoms with E-state index in [4.69, 9.17) is 4.43 Å². The molecule has 3 aromatic carbocycles. The fraction of sp³-hybridized carbons (Fsp3) is 0.136. The maximum atomic E-state index is 6.04. The van der Waals surface area contributed by atoms with Gasteiger partial charge in [0.25, 0.3) is 0 Å². The monoisotopic (exact) mass is 331 g/mol. The first-order valence-corrected chi connectivity index (χ1v) is 10.9. The van der Waals surface area contributed by atoms with Crippen molar-refractivity contribution in [3.8, 4) is 0 Å². The normalized spacial score (nSPS) is 11.4. The largest absolute Gasteiger partial charge is 0.414 e. The van der Waals surface area contributed by atoms with Crippen molar-refractivity contribution in [2.45, 2.75) is 18.1 Å². The van der Waals surface area contributed by atoms with Gasteiger partial charge in [-0.3, -0.25) is 0 Å². The minimum absolute atomic E-state index is 0.973. The molecule has 0 aromatic heterocycles. The van der Waals surface area contributed by atoms with E-state index in [2.05, 4.69) is 98.1 Å².